The van der Waals surface area contributed by atoms with Crippen molar-refractivity contribution in [3.63, 3.8) is 0 Å². The molecule has 3 rings (SSSR count). The zero-order valence-electron chi connectivity index (χ0n) is 12.1. The molecule has 1 fully saturated rings. The molecule has 2 heterocycles. The van der Waals surface area contributed by atoms with Crippen molar-refractivity contribution < 1.29 is 4.79 Å². The molecule has 0 spiro atoms. The fourth-order valence-electron chi connectivity index (χ4n) is 2.29. The fourth-order valence-corrected chi connectivity index (χ4v) is 2.29. The van der Waals surface area contributed by atoms with E-state index < -0.39 is 0 Å². The summed E-state index contributed by atoms with van der Waals surface area (Å²) in [4.78, 5) is 16.5. The van der Waals surface area contributed by atoms with E-state index in [0.717, 1.165) is 24.1 Å². The second-order valence-corrected chi connectivity index (χ2v) is 5.45. The van der Waals surface area contributed by atoms with Gasteiger partial charge in [-0.25, -0.2) is 4.79 Å². The molecule has 2 aromatic heterocycles. The van der Waals surface area contributed by atoms with E-state index in [4.69, 9.17) is 0 Å². The molecule has 21 heavy (non-hydrogen) atoms. The van der Waals surface area contributed by atoms with Gasteiger partial charge in [0.25, 0.3) is 0 Å². The van der Waals surface area contributed by atoms with Crippen molar-refractivity contribution in [2.24, 2.45) is 13.0 Å². The lowest BCUT2D eigenvalue weighted by Gasteiger charge is -2.18. The summed E-state index contributed by atoms with van der Waals surface area (Å²) in [5.41, 5.74) is 2.05. The molecule has 0 bridgehead atoms. The Labute approximate surface area is 122 Å². The molecule has 0 saturated heterocycles. The second kappa shape index (κ2) is 5.51. The van der Waals surface area contributed by atoms with Crippen LogP contribution in [0.25, 0.3) is 0 Å². The predicted octanol–water partition coefficient (Wildman–Crippen LogP) is 1.79. The van der Waals surface area contributed by atoms with Crippen molar-refractivity contribution in [3.8, 4) is 0 Å². The molecule has 0 aromatic carbocycles. The van der Waals surface area contributed by atoms with E-state index in [0.29, 0.717) is 11.7 Å². The zero-order valence-corrected chi connectivity index (χ0v) is 12.1. The Morgan fingerprint density at radius 3 is 2.90 bits per heavy atom. The van der Waals surface area contributed by atoms with Crippen LogP contribution in [0.1, 0.15) is 30.1 Å². The second-order valence-electron chi connectivity index (χ2n) is 5.45. The number of rotatable bonds is 4. The van der Waals surface area contributed by atoms with E-state index in [-0.39, 0.29) is 12.1 Å². The number of hydrogen-bond donors (Lipinski definition) is 2. The third-order valence-corrected chi connectivity index (χ3v) is 3.48. The molecule has 1 saturated carbocycles. The minimum Gasteiger partial charge on any atom is -0.329 e. The number of anilines is 1. The fraction of sp³-hybridized carbons (Fsp3) is 0.429. The van der Waals surface area contributed by atoms with Crippen LogP contribution in [-0.2, 0) is 7.05 Å². The van der Waals surface area contributed by atoms with Gasteiger partial charge in [0.1, 0.15) is 0 Å². The van der Waals surface area contributed by atoms with E-state index in [1.54, 1.807) is 19.4 Å². The van der Waals surface area contributed by atoms with Crippen molar-refractivity contribution >= 4 is 11.8 Å². The lowest BCUT2D eigenvalue weighted by atomic mass is 10.1. The van der Waals surface area contributed by atoms with Gasteiger partial charge in [-0.05, 0) is 43.4 Å². The number of carbonyl (C=O) groups excluding carboxylic acids is 1. The highest BCUT2D eigenvalue weighted by atomic mass is 16.2. The van der Waals surface area contributed by atoms with Crippen molar-refractivity contribution in [1.82, 2.24) is 25.3 Å². The summed E-state index contributed by atoms with van der Waals surface area (Å²) in [7, 11) is 1.75. The molecule has 0 unspecified atom stereocenters. The van der Waals surface area contributed by atoms with Gasteiger partial charge in [0, 0.05) is 13.2 Å². The quantitative estimate of drug-likeness (QED) is 0.897. The third-order valence-electron chi connectivity index (χ3n) is 3.48. The van der Waals surface area contributed by atoms with Crippen LogP contribution in [0.15, 0.2) is 24.5 Å². The Kier molecular flexibility index (Phi) is 3.55. The topological polar surface area (TPSA) is 84.7 Å². The first kappa shape index (κ1) is 13.5. The van der Waals surface area contributed by atoms with Gasteiger partial charge in [-0.1, -0.05) is 5.21 Å². The van der Waals surface area contributed by atoms with Gasteiger partial charge in [-0.2, -0.15) is 0 Å². The molecule has 2 amide bonds. The molecular formula is C14H18N6O. The number of hydrogen-bond acceptors (Lipinski definition) is 4. The molecule has 7 heteroatoms. The summed E-state index contributed by atoms with van der Waals surface area (Å²) in [6, 6.07) is 3.64. The van der Waals surface area contributed by atoms with Gasteiger partial charge in [-0.3, -0.25) is 15.0 Å². The average Bonchev–Trinajstić information content (AvgIpc) is 3.20. The first-order valence-corrected chi connectivity index (χ1v) is 6.98. The van der Waals surface area contributed by atoms with Crippen LogP contribution in [0.2, 0.25) is 0 Å². The maximum Gasteiger partial charge on any atom is 0.321 e. The largest absolute Gasteiger partial charge is 0.329 e. The number of pyridine rings is 1. The molecule has 0 aliphatic heterocycles. The summed E-state index contributed by atoms with van der Waals surface area (Å²) in [5.74, 6) is 0.897. The Bertz CT molecular complexity index is 648. The van der Waals surface area contributed by atoms with E-state index in [1.807, 2.05) is 19.1 Å². The first-order chi connectivity index (χ1) is 10.1. The molecule has 110 valence electrons. The summed E-state index contributed by atoms with van der Waals surface area (Å²) in [5, 5.41) is 13.3. The highest BCUT2D eigenvalue weighted by Crippen LogP contribution is 2.40. The van der Waals surface area contributed by atoms with Crippen molar-refractivity contribution in [2.45, 2.75) is 25.8 Å². The average molecular weight is 286 g/mol. The SMILES string of the molecule is Cc1ccnc([C@@H](NC(=O)Nc2cn(C)nn2)C2CC2)c1. The molecular weight excluding hydrogens is 268 g/mol. The Morgan fingerprint density at radius 2 is 2.29 bits per heavy atom. The van der Waals surface area contributed by atoms with Gasteiger partial charge < -0.3 is 5.32 Å². The molecule has 1 atom stereocenters. The zero-order chi connectivity index (χ0) is 14.8. The van der Waals surface area contributed by atoms with Gasteiger partial charge in [0.05, 0.1) is 17.9 Å². The standard InChI is InChI=1S/C14H18N6O/c1-9-5-6-15-11(7-9)13(10-3-4-10)17-14(21)16-12-8-20(2)19-18-12/h5-8,10,13H,3-4H2,1-2H3,(H2,16,17,21)/t13-/m0/s1. The van der Waals surface area contributed by atoms with Crippen molar-refractivity contribution in [3.05, 3.63) is 35.8 Å². The number of nitrogens with zero attached hydrogens (tertiary/aromatic N) is 4. The monoisotopic (exact) mass is 286 g/mol. The smallest absolute Gasteiger partial charge is 0.321 e. The van der Waals surface area contributed by atoms with Crippen molar-refractivity contribution in [2.75, 3.05) is 5.32 Å². The van der Waals surface area contributed by atoms with Gasteiger partial charge in [-0.15, -0.1) is 5.10 Å². The summed E-state index contributed by atoms with van der Waals surface area (Å²) < 4.78 is 1.54. The highest BCUT2D eigenvalue weighted by molar-refractivity contribution is 5.88. The van der Waals surface area contributed by atoms with Crippen LogP contribution >= 0.6 is 0 Å². The summed E-state index contributed by atoms with van der Waals surface area (Å²) in [6.45, 7) is 2.02. The van der Waals surface area contributed by atoms with Gasteiger partial charge in [0.2, 0.25) is 0 Å². The minimum absolute atomic E-state index is 0.0541. The van der Waals surface area contributed by atoms with E-state index >= 15 is 0 Å². The maximum atomic E-state index is 12.1. The summed E-state index contributed by atoms with van der Waals surface area (Å²) in [6.07, 6.45) is 5.66. The van der Waals surface area contributed by atoms with Crippen LogP contribution in [-0.4, -0.2) is 26.0 Å². The molecule has 2 aromatic rings. The lowest BCUT2D eigenvalue weighted by Crippen LogP contribution is -2.34. The van der Waals surface area contributed by atoms with Crippen LogP contribution in [0.3, 0.4) is 0 Å². The Hall–Kier alpha value is -2.44. The van der Waals surface area contributed by atoms with E-state index in [1.165, 1.54) is 4.68 Å². The number of nitrogens with one attached hydrogen (secondary N) is 2. The number of aryl methyl sites for hydroxylation is 2. The minimum atomic E-state index is -0.282. The van der Waals surface area contributed by atoms with Crippen LogP contribution < -0.4 is 10.6 Å². The predicted molar refractivity (Wildman–Crippen MR) is 77.6 cm³/mol. The molecule has 1 aliphatic rings. The van der Waals surface area contributed by atoms with Crippen LogP contribution in [0, 0.1) is 12.8 Å². The van der Waals surface area contributed by atoms with E-state index in [9.17, 15) is 4.79 Å². The van der Waals surface area contributed by atoms with E-state index in [2.05, 4.69) is 25.9 Å². The summed E-state index contributed by atoms with van der Waals surface area (Å²) >= 11 is 0. The number of aromatic nitrogens is 4. The lowest BCUT2D eigenvalue weighted by molar-refractivity contribution is 0.246. The number of amides is 2. The highest BCUT2D eigenvalue weighted by Gasteiger charge is 2.34. The molecule has 7 nitrogen and oxygen atoms in total. The van der Waals surface area contributed by atoms with Crippen molar-refractivity contribution in [1.29, 1.82) is 0 Å². The third kappa shape index (κ3) is 3.36. The molecule has 1 aliphatic carbocycles. The van der Waals surface area contributed by atoms with Gasteiger partial charge in [0.15, 0.2) is 5.82 Å². The first-order valence-electron chi connectivity index (χ1n) is 6.98. The molecule has 2 N–H and O–H groups in total. The normalized spacial score (nSPS) is 15.5. The maximum absolute atomic E-state index is 12.1. The van der Waals surface area contributed by atoms with Gasteiger partial charge >= 0.3 is 6.03 Å². The number of urea groups is 1. The van der Waals surface area contributed by atoms with Crippen LogP contribution in [0.5, 0.6) is 0 Å². The molecule has 0 radical (unpaired) electrons. The van der Waals surface area contributed by atoms with Crippen LogP contribution in [0.4, 0.5) is 10.6 Å². The number of carbonyl (C=O) groups is 1. The Balaban J connectivity index is 1.69. The Morgan fingerprint density at radius 1 is 1.48 bits per heavy atom.